The Bertz CT molecular complexity index is 560. The van der Waals surface area contributed by atoms with Gasteiger partial charge in [0.15, 0.2) is 0 Å². The van der Waals surface area contributed by atoms with Gasteiger partial charge in [-0.3, -0.25) is 19.7 Å². The molecule has 0 bridgehead atoms. The molecule has 2 amide bonds. The fraction of sp³-hybridized carbons (Fsp3) is 0.333. The molecule has 1 atom stereocenters. The van der Waals surface area contributed by atoms with Gasteiger partial charge in [-0.15, -0.1) is 0 Å². The lowest BCUT2D eigenvalue weighted by molar-refractivity contribution is -0.384. The molecular weight excluding hydrogens is 286 g/mol. The minimum atomic E-state index is -0.729. The Kier molecular flexibility index (Phi) is 5.04. The van der Waals surface area contributed by atoms with Gasteiger partial charge in [0.1, 0.15) is 11.1 Å². The number of benzene rings is 1. The Hall–Kier alpha value is -2.15. The normalized spacial score (nSPS) is 11.6. The van der Waals surface area contributed by atoms with E-state index >= 15 is 0 Å². The summed E-state index contributed by atoms with van der Waals surface area (Å²) in [4.78, 5) is 35.0. The number of nitro groups is 1. The Morgan fingerprint density at radius 2 is 2.00 bits per heavy atom. The third kappa shape index (κ3) is 3.67. The van der Waals surface area contributed by atoms with E-state index in [4.69, 9.17) is 11.6 Å². The van der Waals surface area contributed by atoms with E-state index in [1.165, 1.54) is 24.0 Å². The van der Waals surface area contributed by atoms with E-state index in [-0.39, 0.29) is 22.2 Å². The highest BCUT2D eigenvalue weighted by Gasteiger charge is 2.20. The van der Waals surface area contributed by atoms with E-state index in [2.05, 4.69) is 5.32 Å². The third-order valence-electron chi connectivity index (χ3n) is 2.56. The number of rotatable bonds is 4. The highest BCUT2D eigenvalue weighted by Crippen LogP contribution is 2.25. The number of halogens is 1. The summed E-state index contributed by atoms with van der Waals surface area (Å²) in [6, 6.07) is 2.97. The summed E-state index contributed by atoms with van der Waals surface area (Å²) in [5.41, 5.74) is -0.287. The van der Waals surface area contributed by atoms with Crippen LogP contribution in [0.3, 0.4) is 0 Å². The van der Waals surface area contributed by atoms with Crippen molar-refractivity contribution in [1.82, 2.24) is 10.2 Å². The SMILES string of the molecule is CC(NC(=O)c1ccc(Cl)c([N+](=O)[O-])c1)C(=O)N(C)C. The van der Waals surface area contributed by atoms with Gasteiger partial charge in [-0.05, 0) is 19.1 Å². The molecule has 0 spiro atoms. The molecule has 1 aromatic rings. The number of hydrogen-bond donors (Lipinski definition) is 1. The minimum Gasteiger partial charge on any atom is -0.347 e. The fourth-order valence-corrected chi connectivity index (χ4v) is 1.71. The first kappa shape index (κ1) is 15.9. The molecule has 1 aromatic carbocycles. The van der Waals surface area contributed by atoms with Gasteiger partial charge < -0.3 is 10.2 Å². The van der Waals surface area contributed by atoms with Gasteiger partial charge in [-0.25, -0.2) is 0 Å². The van der Waals surface area contributed by atoms with Crippen molar-refractivity contribution in [3.8, 4) is 0 Å². The molecule has 0 aliphatic carbocycles. The molecule has 1 unspecified atom stereocenters. The summed E-state index contributed by atoms with van der Waals surface area (Å²) < 4.78 is 0. The van der Waals surface area contributed by atoms with E-state index < -0.39 is 16.9 Å². The Morgan fingerprint density at radius 3 is 2.50 bits per heavy atom. The van der Waals surface area contributed by atoms with E-state index in [9.17, 15) is 19.7 Å². The maximum Gasteiger partial charge on any atom is 0.288 e. The summed E-state index contributed by atoms with van der Waals surface area (Å²) in [5, 5.41) is 13.2. The van der Waals surface area contributed by atoms with Crippen LogP contribution in [0.25, 0.3) is 0 Å². The van der Waals surface area contributed by atoms with Crippen molar-refractivity contribution in [2.24, 2.45) is 0 Å². The van der Waals surface area contributed by atoms with E-state index in [1.54, 1.807) is 14.1 Å². The lowest BCUT2D eigenvalue weighted by atomic mass is 10.1. The standard InChI is InChI=1S/C12H14ClN3O4/c1-7(12(18)15(2)3)14-11(17)8-4-5-9(13)10(6-8)16(19)20/h4-7H,1-3H3,(H,14,17). The smallest absolute Gasteiger partial charge is 0.288 e. The second-order valence-electron chi connectivity index (χ2n) is 4.35. The minimum absolute atomic E-state index is 0.0519. The fourth-order valence-electron chi connectivity index (χ4n) is 1.52. The number of amides is 2. The van der Waals surface area contributed by atoms with Crippen LogP contribution in [-0.2, 0) is 4.79 Å². The zero-order valence-corrected chi connectivity index (χ0v) is 12.0. The van der Waals surface area contributed by atoms with Gasteiger partial charge in [0.2, 0.25) is 5.91 Å². The number of hydrogen-bond acceptors (Lipinski definition) is 4. The van der Waals surface area contributed by atoms with Crippen molar-refractivity contribution in [2.45, 2.75) is 13.0 Å². The van der Waals surface area contributed by atoms with Crippen LogP contribution in [0, 0.1) is 10.1 Å². The predicted octanol–water partition coefficient (Wildman–Crippen LogP) is 1.45. The molecular formula is C12H14ClN3O4. The average molecular weight is 300 g/mol. The molecule has 0 radical (unpaired) electrons. The van der Waals surface area contributed by atoms with Crippen molar-refractivity contribution in [1.29, 1.82) is 0 Å². The van der Waals surface area contributed by atoms with Gasteiger partial charge in [0.25, 0.3) is 11.6 Å². The van der Waals surface area contributed by atoms with Crippen molar-refractivity contribution < 1.29 is 14.5 Å². The van der Waals surface area contributed by atoms with E-state index in [1.807, 2.05) is 0 Å². The molecule has 1 rings (SSSR count). The van der Waals surface area contributed by atoms with Gasteiger partial charge in [-0.2, -0.15) is 0 Å². The largest absolute Gasteiger partial charge is 0.347 e. The van der Waals surface area contributed by atoms with E-state index in [0.717, 1.165) is 6.07 Å². The average Bonchev–Trinajstić information content (AvgIpc) is 2.37. The molecule has 108 valence electrons. The van der Waals surface area contributed by atoms with Crippen LogP contribution in [0.1, 0.15) is 17.3 Å². The Balaban J connectivity index is 2.91. The molecule has 0 heterocycles. The molecule has 0 saturated heterocycles. The van der Waals surface area contributed by atoms with Crippen molar-refractivity contribution in [3.05, 3.63) is 38.9 Å². The number of nitrogens with one attached hydrogen (secondary N) is 1. The third-order valence-corrected chi connectivity index (χ3v) is 2.88. The number of nitro benzene ring substituents is 1. The van der Waals surface area contributed by atoms with E-state index in [0.29, 0.717) is 0 Å². The van der Waals surface area contributed by atoms with Crippen LogP contribution in [-0.4, -0.2) is 41.8 Å². The zero-order valence-electron chi connectivity index (χ0n) is 11.2. The molecule has 1 N–H and O–H groups in total. The zero-order chi connectivity index (χ0) is 15.4. The van der Waals surface area contributed by atoms with Gasteiger partial charge >= 0.3 is 0 Å². The van der Waals surface area contributed by atoms with Crippen LogP contribution >= 0.6 is 11.6 Å². The summed E-state index contributed by atoms with van der Waals surface area (Å²) in [7, 11) is 3.14. The molecule has 0 saturated carbocycles. The summed E-state index contributed by atoms with van der Waals surface area (Å²) in [6.07, 6.45) is 0. The second-order valence-corrected chi connectivity index (χ2v) is 4.76. The first-order valence-electron chi connectivity index (χ1n) is 5.70. The van der Waals surface area contributed by atoms with Crippen molar-refractivity contribution in [3.63, 3.8) is 0 Å². The Morgan fingerprint density at radius 1 is 1.40 bits per heavy atom. The topological polar surface area (TPSA) is 92.5 Å². The lowest BCUT2D eigenvalue weighted by Crippen LogP contribution is -2.44. The number of carbonyl (C=O) groups is 2. The number of carbonyl (C=O) groups excluding carboxylic acids is 2. The summed E-state index contributed by atoms with van der Waals surface area (Å²) in [5.74, 6) is -0.853. The van der Waals surface area contributed by atoms with Crippen molar-refractivity contribution in [2.75, 3.05) is 14.1 Å². The predicted molar refractivity (Wildman–Crippen MR) is 73.7 cm³/mol. The molecule has 0 fully saturated rings. The second kappa shape index (κ2) is 6.33. The number of nitrogens with zero attached hydrogens (tertiary/aromatic N) is 2. The molecule has 0 aliphatic rings. The number of likely N-dealkylation sites (N-methyl/N-ethyl adjacent to an activating group) is 1. The monoisotopic (exact) mass is 299 g/mol. The molecule has 20 heavy (non-hydrogen) atoms. The van der Waals surface area contributed by atoms with Crippen LogP contribution < -0.4 is 5.32 Å². The van der Waals surface area contributed by atoms with Gasteiger partial charge in [-0.1, -0.05) is 11.6 Å². The van der Waals surface area contributed by atoms with Crippen molar-refractivity contribution >= 4 is 29.1 Å². The van der Waals surface area contributed by atoms with Crippen LogP contribution in [0.2, 0.25) is 5.02 Å². The first-order valence-corrected chi connectivity index (χ1v) is 6.07. The highest BCUT2D eigenvalue weighted by atomic mass is 35.5. The van der Waals surface area contributed by atoms with Gasteiger partial charge in [0.05, 0.1) is 4.92 Å². The van der Waals surface area contributed by atoms with Crippen LogP contribution in [0.4, 0.5) is 5.69 Å². The maximum absolute atomic E-state index is 11.9. The quantitative estimate of drug-likeness (QED) is 0.673. The lowest BCUT2D eigenvalue weighted by Gasteiger charge is -2.17. The Labute approximate surface area is 120 Å². The van der Waals surface area contributed by atoms with Crippen LogP contribution in [0.15, 0.2) is 18.2 Å². The van der Waals surface area contributed by atoms with Gasteiger partial charge in [0, 0.05) is 25.7 Å². The molecule has 0 aromatic heterocycles. The first-order chi connectivity index (χ1) is 9.23. The summed E-state index contributed by atoms with van der Waals surface area (Å²) >= 11 is 5.66. The summed E-state index contributed by atoms with van der Waals surface area (Å²) in [6.45, 7) is 1.53. The molecule has 8 heteroatoms. The molecule has 7 nitrogen and oxygen atoms in total. The highest BCUT2D eigenvalue weighted by molar-refractivity contribution is 6.32. The maximum atomic E-state index is 11.9. The van der Waals surface area contributed by atoms with Crippen LogP contribution in [0.5, 0.6) is 0 Å². The molecule has 0 aliphatic heterocycles.